The summed E-state index contributed by atoms with van der Waals surface area (Å²) in [6.07, 6.45) is 0.368. The number of carbonyl (C=O) groups is 2. The molecular weight excluding hydrogens is 546 g/mol. The van der Waals surface area contributed by atoms with Crippen LogP contribution in [0.1, 0.15) is 76.1 Å². The van der Waals surface area contributed by atoms with Gasteiger partial charge in [0.25, 0.3) is 10.0 Å². The lowest BCUT2D eigenvalue weighted by atomic mass is 10.0. The number of hydrogen-bond donors (Lipinski definition) is 1. The van der Waals surface area contributed by atoms with Gasteiger partial charge >= 0.3 is 0 Å². The average molecular weight is 592 g/mol. The van der Waals surface area contributed by atoms with E-state index in [2.05, 4.69) is 19.2 Å². The van der Waals surface area contributed by atoms with Crippen molar-refractivity contribution in [1.29, 1.82) is 0 Å². The van der Waals surface area contributed by atoms with Crippen molar-refractivity contribution in [1.82, 2.24) is 10.2 Å². The van der Waals surface area contributed by atoms with Gasteiger partial charge in [-0.2, -0.15) is 0 Å². The molecule has 0 saturated carbocycles. The molecule has 2 amide bonds. The molecule has 1 unspecified atom stereocenters. The lowest BCUT2D eigenvalue weighted by molar-refractivity contribution is -0.141. The van der Waals surface area contributed by atoms with Gasteiger partial charge in [0.15, 0.2) is 0 Å². The Morgan fingerprint density at radius 1 is 0.881 bits per heavy atom. The molecule has 8 heteroatoms. The van der Waals surface area contributed by atoms with Crippen LogP contribution in [0.2, 0.25) is 0 Å². The van der Waals surface area contributed by atoms with Crippen molar-refractivity contribution in [2.75, 3.05) is 10.8 Å². The summed E-state index contributed by atoms with van der Waals surface area (Å²) in [6, 6.07) is 20.8. The minimum absolute atomic E-state index is 0.0943. The van der Waals surface area contributed by atoms with Gasteiger partial charge in [-0.3, -0.25) is 13.9 Å². The minimum Gasteiger partial charge on any atom is -0.350 e. The van der Waals surface area contributed by atoms with Crippen LogP contribution in [0.3, 0.4) is 0 Å². The summed E-state index contributed by atoms with van der Waals surface area (Å²) in [5, 5.41) is 3.00. The zero-order valence-electron chi connectivity index (χ0n) is 26.1. The molecule has 0 aliphatic heterocycles. The minimum atomic E-state index is -4.11. The highest BCUT2D eigenvalue weighted by atomic mass is 32.2. The van der Waals surface area contributed by atoms with E-state index in [9.17, 15) is 18.0 Å². The second kappa shape index (κ2) is 13.6. The van der Waals surface area contributed by atoms with Crippen molar-refractivity contribution in [3.05, 3.63) is 95.1 Å². The van der Waals surface area contributed by atoms with E-state index >= 15 is 0 Å². The zero-order chi connectivity index (χ0) is 31.2. The second-order valence-electron chi connectivity index (χ2n) is 12.2. The number of rotatable bonds is 11. The number of amides is 2. The summed E-state index contributed by atoms with van der Waals surface area (Å²) >= 11 is 0. The summed E-state index contributed by atoms with van der Waals surface area (Å²) < 4.78 is 29.3. The van der Waals surface area contributed by atoms with Crippen molar-refractivity contribution < 1.29 is 18.0 Å². The van der Waals surface area contributed by atoms with Crippen LogP contribution in [-0.4, -0.2) is 43.3 Å². The molecule has 3 aromatic carbocycles. The summed E-state index contributed by atoms with van der Waals surface area (Å²) in [4.78, 5) is 29.4. The third-order valence-corrected chi connectivity index (χ3v) is 9.01. The normalized spacial score (nSPS) is 12.6. The molecule has 3 rings (SSSR count). The van der Waals surface area contributed by atoms with E-state index in [1.165, 1.54) is 4.90 Å². The lowest BCUT2D eigenvalue weighted by Crippen LogP contribution is -2.55. The van der Waals surface area contributed by atoms with E-state index in [0.717, 1.165) is 26.6 Å². The third kappa shape index (κ3) is 8.22. The average Bonchev–Trinajstić information content (AvgIpc) is 2.91. The molecule has 0 bridgehead atoms. The summed E-state index contributed by atoms with van der Waals surface area (Å²) in [5.74, 6) is -0.474. The first-order valence-electron chi connectivity index (χ1n) is 14.5. The molecule has 0 fully saturated rings. The molecule has 1 atom stereocenters. The van der Waals surface area contributed by atoms with Crippen LogP contribution in [0, 0.1) is 13.8 Å². The Hall–Kier alpha value is -3.65. The first kappa shape index (κ1) is 32.9. The Kier molecular flexibility index (Phi) is 10.6. The molecule has 42 heavy (non-hydrogen) atoms. The molecule has 0 aromatic heterocycles. The Labute approximate surface area is 252 Å². The Bertz CT molecular complexity index is 1470. The largest absolute Gasteiger partial charge is 0.350 e. The van der Waals surface area contributed by atoms with Gasteiger partial charge in [0, 0.05) is 12.1 Å². The lowest BCUT2D eigenvalue weighted by Gasteiger charge is -2.35. The van der Waals surface area contributed by atoms with Gasteiger partial charge in [-0.1, -0.05) is 74.9 Å². The topological polar surface area (TPSA) is 86.8 Å². The first-order chi connectivity index (χ1) is 19.6. The molecule has 0 heterocycles. The van der Waals surface area contributed by atoms with Crippen molar-refractivity contribution in [3.63, 3.8) is 0 Å². The van der Waals surface area contributed by atoms with Crippen LogP contribution < -0.4 is 9.62 Å². The predicted octanol–water partition coefficient (Wildman–Crippen LogP) is 6.34. The molecule has 7 nitrogen and oxygen atoms in total. The van der Waals surface area contributed by atoms with Crippen molar-refractivity contribution in [3.8, 4) is 0 Å². The summed E-state index contributed by atoms with van der Waals surface area (Å²) in [5.41, 5.74) is 3.75. The maximum Gasteiger partial charge on any atom is 0.264 e. The number of carbonyl (C=O) groups excluding carboxylic acids is 2. The molecule has 0 aliphatic rings. The summed E-state index contributed by atoms with van der Waals surface area (Å²) in [7, 11) is -4.11. The van der Waals surface area contributed by atoms with Gasteiger partial charge in [0.2, 0.25) is 11.8 Å². The zero-order valence-corrected chi connectivity index (χ0v) is 27.0. The van der Waals surface area contributed by atoms with Crippen molar-refractivity contribution >= 4 is 27.5 Å². The molecule has 3 aromatic rings. The Balaban J connectivity index is 2.10. The van der Waals surface area contributed by atoms with Gasteiger partial charge in [0.1, 0.15) is 12.6 Å². The van der Waals surface area contributed by atoms with Gasteiger partial charge < -0.3 is 10.2 Å². The maximum absolute atomic E-state index is 14.3. The standard InChI is InChI=1S/C34H45N3O4S/c1-9-31(33(39)35-34(6,7)8)36(22-28-13-11-10-12-26(28)5)32(38)23-37(29-18-16-27(17-19-29)24(2)3)42(40,41)30-20-14-25(4)15-21-30/h10-21,24,31H,9,22-23H2,1-8H3,(H,35,39). The molecule has 1 N–H and O–H groups in total. The highest BCUT2D eigenvalue weighted by Gasteiger charge is 2.34. The molecular formula is C34H45N3O4S. The fourth-order valence-electron chi connectivity index (χ4n) is 4.74. The van der Waals surface area contributed by atoms with Gasteiger partial charge in [0.05, 0.1) is 10.6 Å². The molecule has 0 radical (unpaired) electrons. The van der Waals surface area contributed by atoms with E-state index in [1.54, 1.807) is 36.4 Å². The number of sulfonamides is 1. The molecule has 0 spiro atoms. The Morgan fingerprint density at radius 3 is 2.00 bits per heavy atom. The molecule has 226 valence electrons. The number of anilines is 1. The van der Waals surface area contributed by atoms with E-state index in [1.807, 2.05) is 77.9 Å². The van der Waals surface area contributed by atoms with E-state index in [4.69, 9.17) is 0 Å². The Morgan fingerprint density at radius 2 is 1.48 bits per heavy atom. The number of nitrogens with zero attached hydrogens (tertiary/aromatic N) is 2. The van der Waals surface area contributed by atoms with Gasteiger partial charge in [-0.05, 0) is 87.9 Å². The first-order valence-corrected chi connectivity index (χ1v) is 15.9. The molecule has 0 aliphatic carbocycles. The fraction of sp³-hybridized carbons (Fsp3) is 0.412. The third-order valence-electron chi connectivity index (χ3n) is 7.22. The van der Waals surface area contributed by atoms with E-state index in [0.29, 0.717) is 12.1 Å². The van der Waals surface area contributed by atoms with E-state index < -0.39 is 34.1 Å². The highest BCUT2D eigenvalue weighted by Crippen LogP contribution is 2.27. The van der Waals surface area contributed by atoms with Crippen molar-refractivity contribution in [2.24, 2.45) is 0 Å². The van der Waals surface area contributed by atoms with Crippen LogP contribution >= 0.6 is 0 Å². The summed E-state index contributed by atoms with van der Waals surface area (Å²) in [6.45, 7) is 15.2. The number of benzene rings is 3. The van der Waals surface area contributed by atoms with Crippen LogP contribution in [-0.2, 0) is 26.2 Å². The van der Waals surface area contributed by atoms with Gasteiger partial charge in [-0.25, -0.2) is 8.42 Å². The van der Waals surface area contributed by atoms with Crippen LogP contribution in [0.15, 0.2) is 77.7 Å². The quantitative estimate of drug-likeness (QED) is 0.282. The number of hydrogen-bond acceptors (Lipinski definition) is 4. The fourth-order valence-corrected chi connectivity index (χ4v) is 6.15. The smallest absolute Gasteiger partial charge is 0.264 e. The highest BCUT2D eigenvalue weighted by molar-refractivity contribution is 7.92. The number of nitrogens with one attached hydrogen (secondary N) is 1. The van der Waals surface area contributed by atoms with Crippen molar-refractivity contribution in [2.45, 2.75) is 90.7 Å². The molecule has 0 saturated heterocycles. The SMILES string of the molecule is CCC(C(=O)NC(C)(C)C)N(Cc1ccccc1C)C(=O)CN(c1ccc(C(C)C)cc1)S(=O)(=O)c1ccc(C)cc1. The van der Waals surface area contributed by atoms with Crippen LogP contribution in [0.5, 0.6) is 0 Å². The monoisotopic (exact) mass is 591 g/mol. The maximum atomic E-state index is 14.3. The van der Waals surface area contributed by atoms with Gasteiger partial charge in [-0.15, -0.1) is 0 Å². The van der Waals surface area contributed by atoms with Crippen LogP contribution in [0.25, 0.3) is 0 Å². The predicted molar refractivity (Wildman–Crippen MR) is 170 cm³/mol. The van der Waals surface area contributed by atoms with Crippen LogP contribution in [0.4, 0.5) is 5.69 Å². The van der Waals surface area contributed by atoms with E-state index in [-0.39, 0.29) is 23.3 Å². The number of aryl methyl sites for hydroxylation is 2. The second-order valence-corrected chi connectivity index (χ2v) is 14.0.